The molecular formula is C18H14N4OS2. The summed E-state index contributed by atoms with van der Waals surface area (Å²) in [5, 5.41) is 0.778. The number of imidazole rings is 2. The summed E-state index contributed by atoms with van der Waals surface area (Å²) in [4.78, 5) is 15.4. The van der Waals surface area contributed by atoms with Gasteiger partial charge in [-0.1, -0.05) is 24.3 Å². The SMILES string of the molecule is S=C(Cc1nc2ccccc2[nH]1)OC(=S)Cc1nc2ccccc2[nH]1. The highest BCUT2D eigenvalue weighted by atomic mass is 32.1. The van der Waals surface area contributed by atoms with Gasteiger partial charge in [0.25, 0.3) is 0 Å². The molecule has 4 rings (SSSR count). The molecule has 0 aliphatic rings. The van der Waals surface area contributed by atoms with Crippen LogP contribution in [0, 0.1) is 0 Å². The molecule has 0 spiro atoms. The van der Waals surface area contributed by atoms with Crippen LogP contribution < -0.4 is 0 Å². The molecule has 2 aromatic carbocycles. The van der Waals surface area contributed by atoms with Crippen LogP contribution in [0.15, 0.2) is 48.5 Å². The van der Waals surface area contributed by atoms with Crippen molar-refractivity contribution in [2.45, 2.75) is 12.8 Å². The van der Waals surface area contributed by atoms with Crippen molar-refractivity contribution in [1.82, 2.24) is 19.9 Å². The molecule has 0 fully saturated rings. The van der Waals surface area contributed by atoms with E-state index in [-0.39, 0.29) is 0 Å². The number of benzene rings is 2. The van der Waals surface area contributed by atoms with E-state index in [0.29, 0.717) is 22.9 Å². The topological polar surface area (TPSA) is 66.6 Å². The fourth-order valence-electron chi connectivity index (χ4n) is 2.65. The molecule has 124 valence electrons. The van der Waals surface area contributed by atoms with Gasteiger partial charge in [0.2, 0.25) is 0 Å². The number of hydrogen-bond acceptors (Lipinski definition) is 5. The molecule has 0 radical (unpaired) electrons. The smallest absolute Gasteiger partial charge is 0.175 e. The Bertz CT molecular complexity index is 931. The number of rotatable bonds is 4. The Labute approximate surface area is 154 Å². The van der Waals surface area contributed by atoms with Crippen molar-refractivity contribution in [3.63, 3.8) is 0 Å². The van der Waals surface area contributed by atoms with Crippen molar-refractivity contribution < 1.29 is 4.74 Å². The normalized spacial score (nSPS) is 11.0. The number of aromatic amines is 2. The number of nitrogens with zero attached hydrogens (tertiary/aromatic N) is 2. The van der Waals surface area contributed by atoms with Gasteiger partial charge in [-0.15, -0.1) is 0 Å². The fraction of sp³-hybridized carbons (Fsp3) is 0.111. The van der Waals surface area contributed by atoms with E-state index in [0.717, 1.165) is 33.7 Å². The summed E-state index contributed by atoms with van der Waals surface area (Å²) in [6.07, 6.45) is 0.814. The summed E-state index contributed by atoms with van der Waals surface area (Å²) in [5.41, 5.74) is 3.77. The maximum Gasteiger partial charge on any atom is 0.175 e. The maximum absolute atomic E-state index is 5.59. The third-order valence-electron chi connectivity index (χ3n) is 3.73. The Hall–Kier alpha value is -2.64. The molecule has 0 aliphatic carbocycles. The second-order valence-electron chi connectivity index (χ2n) is 5.60. The van der Waals surface area contributed by atoms with Crippen LogP contribution >= 0.6 is 24.4 Å². The molecule has 0 saturated carbocycles. The number of H-pyrrole nitrogens is 2. The minimum absolute atomic E-state index is 0.389. The third kappa shape index (κ3) is 3.57. The Kier molecular flexibility index (Phi) is 4.25. The summed E-state index contributed by atoms with van der Waals surface area (Å²) in [7, 11) is 0. The van der Waals surface area contributed by atoms with Gasteiger partial charge in [-0.2, -0.15) is 0 Å². The van der Waals surface area contributed by atoms with Gasteiger partial charge in [0.15, 0.2) is 10.1 Å². The van der Waals surface area contributed by atoms with Crippen LogP contribution in [0.1, 0.15) is 11.6 Å². The lowest BCUT2D eigenvalue weighted by Gasteiger charge is -2.05. The zero-order chi connectivity index (χ0) is 17.2. The van der Waals surface area contributed by atoms with Gasteiger partial charge in [0.1, 0.15) is 11.6 Å². The Morgan fingerprint density at radius 3 is 1.64 bits per heavy atom. The molecule has 0 bridgehead atoms. The largest absolute Gasteiger partial charge is 0.442 e. The lowest BCUT2D eigenvalue weighted by molar-refractivity contribution is 0.546. The van der Waals surface area contributed by atoms with Crippen molar-refractivity contribution in [3.8, 4) is 0 Å². The Morgan fingerprint density at radius 1 is 0.760 bits per heavy atom. The molecule has 7 heteroatoms. The molecule has 5 nitrogen and oxygen atoms in total. The van der Waals surface area contributed by atoms with E-state index in [1.54, 1.807) is 0 Å². The zero-order valence-electron chi connectivity index (χ0n) is 13.2. The number of fused-ring (bicyclic) bond motifs is 2. The standard InChI is InChI=1S/C18H14N4OS2/c24-17(9-15-19-11-5-1-2-6-12(11)20-15)23-18(25)10-16-21-13-7-3-4-8-14(13)22-16/h1-8H,9-10H2,(H,19,20)(H,21,22). The van der Waals surface area contributed by atoms with Crippen LogP contribution in [0.2, 0.25) is 0 Å². The first-order valence-electron chi connectivity index (χ1n) is 7.78. The molecule has 0 saturated heterocycles. The highest BCUT2D eigenvalue weighted by molar-refractivity contribution is 7.81. The lowest BCUT2D eigenvalue weighted by atomic mass is 10.3. The van der Waals surface area contributed by atoms with Gasteiger partial charge >= 0.3 is 0 Å². The van der Waals surface area contributed by atoms with Gasteiger partial charge in [-0.05, 0) is 48.7 Å². The number of ether oxygens (including phenoxy) is 1. The first-order valence-corrected chi connectivity index (χ1v) is 8.60. The number of thiocarbonyl (C=S) groups is 2. The van der Waals surface area contributed by atoms with Crippen LogP contribution in [-0.2, 0) is 17.6 Å². The van der Waals surface area contributed by atoms with Crippen LogP contribution in [0.25, 0.3) is 22.1 Å². The molecule has 0 atom stereocenters. The molecule has 2 heterocycles. The summed E-state index contributed by atoms with van der Waals surface area (Å²) in [5.74, 6) is 1.52. The summed E-state index contributed by atoms with van der Waals surface area (Å²) < 4.78 is 5.59. The average Bonchev–Trinajstić information content (AvgIpc) is 3.16. The first kappa shape index (κ1) is 15.9. The van der Waals surface area contributed by atoms with E-state index in [4.69, 9.17) is 29.2 Å². The lowest BCUT2D eigenvalue weighted by Crippen LogP contribution is -2.14. The van der Waals surface area contributed by atoms with Crippen LogP contribution in [0.5, 0.6) is 0 Å². The van der Waals surface area contributed by atoms with E-state index in [1.165, 1.54) is 0 Å². The minimum Gasteiger partial charge on any atom is -0.442 e. The van der Waals surface area contributed by atoms with Crippen molar-refractivity contribution in [2.24, 2.45) is 0 Å². The Balaban J connectivity index is 1.39. The van der Waals surface area contributed by atoms with Crippen molar-refractivity contribution in [3.05, 3.63) is 60.2 Å². The highest BCUT2D eigenvalue weighted by Crippen LogP contribution is 2.13. The number of para-hydroxylation sites is 4. The van der Waals surface area contributed by atoms with Gasteiger partial charge < -0.3 is 14.7 Å². The number of nitrogens with one attached hydrogen (secondary N) is 2. The summed E-state index contributed by atoms with van der Waals surface area (Å²) in [6.45, 7) is 0. The molecular weight excluding hydrogens is 352 g/mol. The second kappa shape index (κ2) is 6.70. The fourth-order valence-corrected chi connectivity index (χ4v) is 3.18. The molecule has 0 unspecified atom stereocenters. The highest BCUT2D eigenvalue weighted by Gasteiger charge is 2.11. The number of hydrogen-bond donors (Lipinski definition) is 2. The summed E-state index contributed by atoms with van der Waals surface area (Å²) >= 11 is 10.6. The third-order valence-corrected chi connectivity index (χ3v) is 4.18. The number of aromatic nitrogens is 4. The molecule has 2 aromatic heterocycles. The molecule has 2 N–H and O–H groups in total. The van der Waals surface area contributed by atoms with Crippen molar-refractivity contribution in [2.75, 3.05) is 0 Å². The predicted octanol–water partition coefficient (Wildman–Crippen LogP) is 3.90. The van der Waals surface area contributed by atoms with E-state index < -0.39 is 0 Å². The molecule has 0 amide bonds. The van der Waals surface area contributed by atoms with E-state index in [9.17, 15) is 0 Å². The van der Waals surface area contributed by atoms with E-state index >= 15 is 0 Å². The van der Waals surface area contributed by atoms with Crippen LogP contribution in [-0.4, -0.2) is 30.0 Å². The zero-order valence-corrected chi connectivity index (χ0v) is 14.8. The predicted molar refractivity (Wildman–Crippen MR) is 106 cm³/mol. The van der Waals surface area contributed by atoms with Crippen molar-refractivity contribution in [1.29, 1.82) is 0 Å². The van der Waals surface area contributed by atoms with Gasteiger partial charge in [-0.25, -0.2) is 9.97 Å². The second-order valence-corrected chi connectivity index (χ2v) is 6.51. The molecule has 4 aromatic rings. The summed E-state index contributed by atoms with van der Waals surface area (Å²) in [6, 6.07) is 15.7. The van der Waals surface area contributed by atoms with E-state index in [2.05, 4.69) is 19.9 Å². The first-order chi connectivity index (χ1) is 12.2. The molecule has 0 aliphatic heterocycles. The maximum atomic E-state index is 5.59. The van der Waals surface area contributed by atoms with Gasteiger partial charge in [-0.3, -0.25) is 0 Å². The van der Waals surface area contributed by atoms with Crippen molar-refractivity contribution >= 4 is 56.6 Å². The van der Waals surface area contributed by atoms with E-state index in [1.807, 2.05) is 48.5 Å². The van der Waals surface area contributed by atoms with Crippen LogP contribution in [0.3, 0.4) is 0 Å². The quantitative estimate of drug-likeness (QED) is 0.536. The monoisotopic (exact) mass is 366 g/mol. The van der Waals surface area contributed by atoms with Gasteiger partial charge in [0, 0.05) is 0 Å². The van der Waals surface area contributed by atoms with Gasteiger partial charge in [0.05, 0.1) is 34.9 Å². The van der Waals surface area contributed by atoms with Crippen LogP contribution in [0.4, 0.5) is 0 Å². The minimum atomic E-state index is 0.389. The molecule has 25 heavy (non-hydrogen) atoms. The Morgan fingerprint density at radius 2 is 1.20 bits per heavy atom. The average molecular weight is 366 g/mol.